The van der Waals surface area contributed by atoms with Gasteiger partial charge in [0.2, 0.25) is 0 Å². The lowest BCUT2D eigenvalue weighted by molar-refractivity contribution is 0.0914. The van der Waals surface area contributed by atoms with Crippen LogP contribution in [-0.4, -0.2) is 35.5 Å². The number of nitrogens with zero attached hydrogens (tertiary/aromatic N) is 1. The Bertz CT molecular complexity index is 682. The fraction of sp³-hybridized carbons (Fsp3) is 0.389. The van der Waals surface area contributed by atoms with Crippen molar-refractivity contribution in [2.24, 2.45) is 0 Å². The first-order valence-electron chi connectivity index (χ1n) is 8.19. The zero-order chi connectivity index (χ0) is 16.9. The fourth-order valence-electron chi connectivity index (χ4n) is 3.06. The molecule has 1 fully saturated rings. The molecule has 128 valence electrons. The van der Waals surface area contributed by atoms with Gasteiger partial charge in [0.1, 0.15) is 11.5 Å². The first kappa shape index (κ1) is 16.9. The maximum atomic E-state index is 12.4. The van der Waals surface area contributed by atoms with Crippen LogP contribution >= 0.6 is 11.6 Å². The highest BCUT2D eigenvalue weighted by Gasteiger charge is 2.25. The Morgan fingerprint density at radius 1 is 1.29 bits per heavy atom. The number of benzene rings is 1. The minimum Gasteiger partial charge on any atom is -0.506 e. The molecule has 1 unspecified atom stereocenters. The van der Waals surface area contributed by atoms with Gasteiger partial charge in [0.25, 0.3) is 5.91 Å². The summed E-state index contributed by atoms with van der Waals surface area (Å²) in [5, 5.41) is 12.6. The molecule has 0 radical (unpaired) electrons. The highest BCUT2D eigenvalue weighted by atomic mass is 35.5. The summed E-state index contributed by atoms with van der Waals surface area (Å²) in [6, 6.07) is 8.29. The average Bonchev–Trinajstić information content (AvgIpc) is 3.12. The van der Waals surface area contributed by atoms with Crippen LogP contribution in [0.3, 0.4) is 0 Å². The lowest BCUT2D eigenvalue weighted by Gasteiger charge is -2.33. The van der Waals surface area contributed by atoms with Gasteiger partial charge in [0.05, 0.1) is 17.3 Å². The van der Waals surface area contributed by atoms with Crippen molar-refractivity contribution in [3.8, 4) is 5.75 Å². The zero-order valence-corrected chi connectivity index (χ0v) is 14.1. The molecule has 1 aliphatic rings. The van der Waals surface area contributed by atoms with E-state index >= 15 is 0 Å². The topological polar surface area (TPSA) is 65.7 Å². The van der Waals surface area contributed by atoms with Gasteiger partial charge >= 0.3 is 0 Å². The highest BCUT2D eigenvalue weighted by Crippen LogP contribution is 2.26. The van der Waals surface area contributed by atoms with Crippen LogP contribution in [0.25, 0.3) is 0 Å². The third-order valence-electron chi connectivity index (χ3n) is 4.37. The van der Waals surface area contributed by atoms with Crippen molar-refractivity contribution in [3.63, 3.8) is 0 Å². The summed E-state index contributed by atoms with van der Waals surface area (Å²) in [5.74, 6) is 0.612. The number of carbonyl (C=O) groups excluding carboxylic acids is 1. The number of likely N-dealkylation sites (tertiary alicyclic amines) is 1. The molecular formula is C18H21ClN2O3. The number of carbonyl (C=O) groups is 1. The Balaban J connectivity index is 1.68. The molecule has 1 saturated heterocycles. The lowest BCUT2D eigenvalue weighted by atomic mass is 10.1. The summed E-state index contributed by atoms with van der Waals surface area (Å²) in [5.41, 5.74) is 0.426. The van der Waals surface area contributed by atoms with Crippen molar-refractivity contribution in [1.29, 1.82) is 0 Å². The van der Waals surface area contributed by atoms with Gasteiger partial charge in [0.15, 0.2) is 0 Å². The van der Waals surface area contributed by atoms with E-state index in [9.17, 15) is 9.90 Å². The molecular weight excluding hydrogens is 328 g/mol. The summed E-state index contributed by atoms with van der Waals surface area (Å²) >= 11 is 5.87. The second kappa shape index (κ2) is 7.73. The second-order valence-electron chi connectivity index (χ2n) is 6.00. The average molecular weight is 349 g/mol. The smallest absolute Gasteiger partial charge is 0.251 e. The quantitative estimate of drug-likeness (QED) is 0.866. The van der Waals surface area contributed by atoms with Gasteiger partial charge in [-0.15, -0.1) is 0 Å². The van der Waals surface area contributed by atoms with Crippen molar-refractivity contribution >= 4 is 17.5 Å². The minimum atomic E-state index is -0.217. The number of aromatic hydroxyl groups is 1. The highest BCUT2D eigenvalue weighted by molar-refractivity contribution is 6.32. The first-order chi connectivity index (χ1) is 11.6. The van der Waals surface area contributed by atoms with E-state index in [2.05, 4.69) is 10.2 Å². The van der Waals surface area contributed by atoms with E-state index in [0.29, 0.717) is 12.1 Å². The van der Waals surface area contributed by atoms with Crippen LogP contribution < -0.4 is 5.32 Å². The predicted octanol–water partition coefficient (Wildman–Crippen LogP) is 3.60. The SMILES string of the molecule is O=C(NCC(c1ccco1)N1CCCCC1)c1ccc(O)c(Cl)c1. The first-order valence-corrected chi connectivity index (χ1v) is 8.57. The molecule has 2 heterocycles. The molecule has 2 aromatic rings. The van der Waals surface area contributed by atoms with Crippen molar-refractivity contribution in [2.75, 3.05) is 19.6 Å². The van der Waals surface area contributed by atoms with Crippen LogP contribution in [0.5, 0.6) is 5.75 Å². The largest absolute Gasteiger partial charge is 0.506 e. The second-order valence-corrected chi connectivity index (χ2v) is 6.41. The van der Waals surface area contributed by atoms with Gasteiger partial charge in [-0.25, -0.2) is 0 Å². The summed E-state index contributed by atoms with van der Waals surface area (Å²) in [6.07, 6.45) is 5.24. The number of hydrogen-bond donors (Lipinski definition) is 2. The van der Waals surface area contributed by atoms with E-state index in [4.69, 9.17) is 16.0 Å². The Kier molecular flexibility index (Phi) is 5.43. The number of halogens is 1. The molecule has 5 nitrogen and oxygen atoms in total. The third kappa shape index (κ3) is 3.91. The molecule has 0 aliphatic carbocycles. The van der Waals surface area contributed by atoms with E-state index in [0.717, 1.165) is 18.8 Å². The molecule has 0 bridgehead atoms. The molecule has 0 spiro atoms. The Hall–Kier alpha value is -1.98. The normalized spacial score (nSPS) is 16.7. The number of hydrogen-bond acceptors (Lipinski definition) is 4. The van der Waals surface area contributed by atoms with Gasteiger partial charge in [0, 0.05) is 12.1 Å². The van der Waals surface area contributed by atoms with Crippen LogP contribution in [0.2, 0.25) is 5.02 Å². The van der Waals surface area contributed by atoms with Crippen molar-refractivity contribution < 1.29 is 14.3 Å². The Morgan fingerprint density at radius 3 is 2.75 bits per heavy atom. The molecule has 6 heteroatoms. The third-order valence-corrected chi connectivity index (χ3v) is 4.67. The van der Waals surface area contributed by atoms with Crippen molar-refractivity contribution in [3.05, 3.63) is 52.9 Å². The van der Waals surface area contributed by atoms with Crippen LogP contribution in [0.4, 0.5) is 0 Å². The monoisotopic (exact) mass is 348 g/mol. The van der Waals surface area contributed by atoms with Crippen LogP contribution in [0.15, 0.2) is 41.0 Å². The number of piperidine rings is 1. The van der Waals surface area contributed by atoms with Crippen molar-refractivity contribution in [2.45, 2.75) is 25.3 Å². The predicted molar refractivity (Wildman–Crippen MR) is 92.3 cm³/mol. The number of phenolic OH excluding ortho intramolecular Hbond substituents is 1. The van der Waals surface area contributed by atoms with E-state index in [1.165, 1.54) is 31.4 Å². The van der Waals surface area contributed by atoms with Crippen LogP contribution in [0, 0.1) is 0 Å². The standard InChI is InChI=1S/C18H21ClN2O3/c19-14-11-13(6-7-16(14)22)18(23)20-12-15(17-5-4-10-24-17)21-8-2-1-3-9-21/h4-7,10-11,15,22H,1-3,8-9,12H2,(H,20,23). The van der Waals surface area contributed by atoms with Crippen LogP contribution in [-0.2, 0) is 0 Å². The molecule has 1 aromatic heterocycles. The fourth-order valence-corrected chi connectivity index (χ4v) is 3.24. The van der Waals surface area contributed by atoms with E-state index in [-0.39, 0.29) is 22.7 Å². The molecule has 0 saturated carbocycles. The van der Waals surface area contributed by atoms with Gasteiger partial charge in [-0.05, 0) is 56.3 Å². The molecule has 24 heavy (non-hydrogen) atoms. The maximum Gasteiger partial charge on any atom is 0.251 e. The minimum absolute atomic E-state index is 0.0248. The van der Waals surface area contributed by atoms with Gasteiger partial charge in [-0.1, -0.05) is 18.0 Å². The Morgan fingerprint density at radius 2 is 2.08 bits per heavy atom. The summed E-state index contributed by atoms with van der Waals surface area (Å²) in [6.45, 7) is 2.48. The lowest BCUT2D eigenvalue weighted by Crippen LogP contribution is -2.40. The number of amides is 1. The molecule has 1 aromatic carbocycles. The van der Waals surface area contributed by atoms with E-state index in [1.54, 1.807) is 12.3 Å². The van der Waals surface area contributed by atoms with Gasteiger partial charge in [-0.3, -0.25) is 9.69 Å². The molecule has 2 N–H and O–H groups in total. The number of phenols is 1. The number of furan rings is 1. The summed E-state index contributed by atoms with van der Waals surface area (Å²) in [4.78, 5) is 14.7. The maximum absolute atomic E-state index is 12.4. The molecule has 1 atom stereocenters. The van der Waals surface area contributed by atoms with E-state index < -0.39 is 0 Å². The van der Waals surface area contributed by atoms with Crippen LogP contribution in [0.1, 0.15) is 41.4 Å². The summed E-state index contributed by atoms with van der Waals surface area (Å²) < 4.78 is 5.57. The molecule has 1 amide bonds. The van der Waals surface area contributed by atoms with Crippen molar-refractivity contribution in [1.82, 2.24) is 10.2 Å². The number of nitrogens with one attached hydrogen (secondary N) is 1. The number of rotatable bonds is 5. The van der Waals surface area contributed by atoms with E-state index in [1.807, 2.05) is 12.1 Å². The zero-order valence-electron chi connectivity index (χ0n) is 13.4. The van der Waals surface area contributed by atoms with Gasteiger partial charge < -0.3 is 14.8 Å². The molecule has 3 rings (SSSR count). The summed E-state index contributed by atoms with van der Waals surface area (Å²) in [7, 11) is 0. The Labute approximate surface area is 146 Å². The van der Waals surface area contributed by atoms with Gasteiger partial charge in [-0.2, -0.15) is 0 Å². The molecule has 1 aliphatic heterocycles.